The van der Waals surface area contributed by atoms with Gasteiger partial charge in [0, 0.05) is 42.7 Å². The number of rotatable bonds is 19. The van der Waals surface area contributed by atoms with E-state index in [4.69, 9.17) is 56.1 Å². The van der Waals surface area contributed by atoms with Crippen molar-refractivity contribution in [2.24, 2.45) is 0 Å². The fourth-order valence-electron chi connectivity index (χ4n) is 9.02. The Balaban J connectivity index is 0.000000300. The molecule has 4 heterocycles. The Morgan fingerprint density at radius 3 is 1.57 bits per heavy atom. The maximum atomic E-state index is 13.9. The van der Waals surface area contributed by atoms with Gasteiger partial charge < -0.3 is 56.1 Å². The minimum absolute atomic E-state index is 0.000875. The Morgan fingerprint density at radius 1 is 0.667 bits per heavy atom. The lowest BCUT2D eigenvalue weighted by molar-refractivity contribution is -0.162. The van der Waals surface area contributed by atoms with Crippen molar-refractivity contribution >= 4 is 77.7 Å². The topological polar surface area (TPSA) is 285 Å². The van der Waals surface area contributed by atoms with Gasteiger partial charge in [-0.1, -0.05) is 36.9 Å². The van der Waals surface area contributed by atoms with Gasteiger partial charge in [0.05, 0.1) is 67.9 Å². The molecule has 3 unspecified atom stereocenters. The molecule has 2 fully saturated rings. The summed E-state index contributed by atoms with van der Waals surface area (Å²) >= 11 is 0. The summed E-state index contributed by atoms with van der Waals surface area (Å²) in [6.07, 6.45) is 5.25. The van der Waals surface area contributed by atoms with Gasteiger partial charge >= 0.3 is 50.3 Å². The van der Waals surface area contributed by atoms with Crippen LogP contribution in [0.1, 0.15) is 121 Å². The number of ether oxygens (including phenoxy) is 9. The summed E-state index contributed by atoms with van der Waals surface area (Å²) in [5.74, 6) is -4.44. The second kappa shape index (κ2) is 30.3. The van der Waals surface area contributed by atoms with E-state index >= 15 is 0 Å². The maximum absolute atomic E-state index is 13.9. The monoisotopic (exact) mass is 1210 g/mol. The van der Waals surface area contributed by atoms with Crippen molar-refractivity contribution < 1.29 is 96.9 Å². The normalized spacial score (nSPS) is 16.0. The number of nitrogens with zero attached hydrogens (tertiary/aromatic N) is 2. The summed E-state index contributed by atoms with van der Waals surface area (Å²) in [6, 6.07) is 17.7. The highest BCUT2D eigenvalue weighted by molar-refractivity contribution is 7.86. The van der Waals surface area contributed by atoms with Crippen LogP contribution in [0.3, 0.4) is 0 Å². The molecule has 3 atom stereocenters. The lowest BCUT2D eigenvalue weighted by Crippen LogP contribution is -2.33. The van der Waals surface area contributed by atoms with E-state index in [-0.39, 0.29) is 78.6 Å². The first-order valence-electron chi connectivity index (χ1n) is 27.2. The van der Waals surface area contributed by atoms with Gasteiger partial charge in [-0.3, -0.25) is 9.59 Å². The third-order valence-corrected chi connectivity index (χ3v) is 13.2. The minimum atomic E-state index is -3.93. The predicted molar refractivity (Wildman–Crippen MR) is 309 cm³/mol. The highest BCUT2D eigenvalue weighted by Gasteiger charge is 2.40. The number of fused-ring (bicyclic) bond motifs is 2. The minimum Gasteiger partial charge on any atom is -0.468 e. The summed E-state index contributed by atoms with van der Waals surface area (Å²) in [7, 11) is -5.40. The molecule has 0 amide bonds. The second-order valence-electron chi connectivity index (χ2n) is 21.4. The van der Waals surface area contributed by atoms with Crippen LogP contribution >= 0.6 is 0 Å². The first kappa shape index (κ1) is 67.9. The number of carbonyl (C=O) groups excluding carboxylic acids is 5. The van der Waals surface area contributed by atoms with Crippen molar-refractivity contribution in [3.63, 3.8) is 0 Å². The number of esters is 3. The number of aromatic nitrogens is 2. The summed E-state index contributed by atoms with van der Waals surface area (Å²) < 4.78 is 110. The molecule has 0 saturated carbocycles. The van der Waals surface area contributed by atoms with E-state index < -0.39 is 73.7 Å². The highest BCUT2D eigenvalue weighted by atomic mass is 32.2. The molecule has 0 aliphatic carbocycles. The number of aliphatic hydroxyl groups is 1. The van der Waals surface area contributed by atoms with Crippen LogP contribution in [0.25, 0.3) is 27.4 Å². The summed E-state index contributed by atoms with van der Waals surface area (Å²) in [6.45, 7) is 17.4. The van der Waals surface area contributed by atoms with E-state index in [1.54, 1.807) is 84.9 Å². The third kappa shape index (κ3) is 19.9. The standard InChI is InChI=1S/C32H39NO11S.C25H33NO9S.C2H6O/c1-32(2,3)43-31(36)33-25-19-22(44-45(5,37)38)14-15-23(25)24(16-18-41-26-13-9-10-17-40-26)28(33)27(29(34)39-4)30(35)42-20-21-11-7-6-8-12-21;1-16(23(27)31-5)22-19(12-14-33-21-9-7-8-13-32-21)18-11-10-17(35-36(6,29)30)15-20(18)26(22)24(28)34-25(2,3)4;1-2-3/h6-8,11-12,14-15,19,26-27H,9-10,13,16-18,20H2,1-5H3;10-11,15,21H,1,7-9,12-14H2,2-6H3;3H,2H2,1H3. The molecule has 23 nitrogen and oxygen atoms in total. The molecular formula is C59H78N2O21S2. The average Bonchev–Trinajstić information content (AvgIpc) is 1.81. The molecule has 2 saturated heterocycles. The number of carbonyl (C=O) groups is 5. The fraction of sp³-hybridized carbons (Fsp3) is 0.508. The van der Waals surface area contributed by atoms with Crippen molar-refractivity contribution in [2.45, 2.75) is 136 Å². The molecule has 0 spiro atoms. The van der Waals surface area contributed by atoms with Crippen molar-refractivity contribution in [2.75, 3.05) is 59.8 Å². The van der Waals surface area contributed by atoms with Gasteiger partial charge in [-0.15, -0.1) is 0 Å². The number of aliphatic hydroxyl groups excluding tert-OH is 1. The van der Waals surface area contributed by atoms with E-state index in [1.807, 2.05) is 6.07 Å². The van der Waals surface area contributed by atoms with Crippen molar-refractivity contribution in [3.8, 4) is 11.5 Å². The van der Waals surface area contributed by atoms with Crippen molar-refractivity contribution in [3.05, 3.63) is 101 Å². The van der Waals surface area contributed by atoms with E-state index in [0.29, 0.717) is 47.1 Å². The van der Waals surface area contributed by atoms with Gasteiger partial charge in [0.1, 0.15) is 29.3 Å². The maximum Gasteiger partial charge on any atom is 0.419 e. The van der Waals surface area contributed by atoms with Crippen LogP contribution in [-0.2, 0) is 96.7 Å². The quantitative estimate of drug-likeness (QED) is 0.0265. The smallest absolute Gasteiger partial charge is 0.419 e. The molecule has 462 valence electrons. The summed E-state index contributed by atoms with van der Waals surface area (Å²) in [5, 5.41) is 8.59. The van der Waals surface area contributed by atoms with E-state index in [1.165, 1.54) is 35.9 Å². The number of methoxy groups -OCH3 is 2. The molecule has 2 aromatic heterocycles. The zero-order valence-corrected chi connectivity index (χ0v) is 51.1. The molecule has 0 bridgehead atoms. The summed E-state index contributed by atoms with van der Waals surface area (Å²) in [4.78, 5) is 66.9. The first-order chi connectivity index (χ1) is 39.5. The Bertz CT molecular complexity index is 3320. The van der Waals surface area contributed by atoms with Crippen LogP contribution in [0, 0.1) is 0 Å². The van der Waals surface area contributed by atoms with Crippen LogP contribution in [-0.4, -0.2) is 145 Å². The molecule has 84 heavy (non-hydrogen) atoms. The van der Waals surface area contributed by atoms with E-state index in [9.17, 15) is 40.8 Å². The molecule has 1 N–H and O–H groups in total. The molecular weight excluding hydrogens is 1140 g/mol. The zero-order chi connectivity index (χ0) is 62.2. The van der Waals surface area contributed by atoms with E-state index in [2.05, 4.69) is 6.58 Å². The Labute approximate surface area is 490 Å². The molecule has 7 rings (SSSR count). The number of benzene rings is 3. The largest absolute Gasteiger partial charge is 0.468 e. The number of hydrogen-bond donors (Lipinski definition) is 1. The van der Waals surface area contributed by atoms with Gasteiger partial charge in [-0.25, -0.2) is 23.5 Å². The Hall–Kier alpha value is -6.87. The van der Waals surface area contributed by atoms with E-state index in [0.717, 1.165) is 62.7 Å². The van der Waals surface area contributed by atoms with Crippen LogP contribution < -0.4 is 8.37 Å². The lowest BCUT2D eigenvalue weighted by Gasteiger charge is -2.24. The Morgan fingerprint density at radius 2 is 1.13 bits per heavy atom. The van der Waals surface area contributed by atoms with Crippen LogP contribution in [0.2, 0.25) is 0 Å². The molecule has 2 aliphatic rings. The zero-order valence-electron chi connectivity index (χ0n) is 49.5. The second-order valence-corrected chi connectivity index (χ2v) is 24.6. The number of hydrogen-bond acceptors (Lipinski definition) is 21. The first-order valence-corrected chi connectivity index (χ1v) is 30.9. The van der Waals surface area contributed by atoms with Gasteiger partial charge in [-0.2, -0.15) is 16.8 Å². The van der Waals surface area contributed by atoms with Crippen molar-refractivity contribution in [1.82, 2.24) is 9.13 Å². The predicted octanol–water partition coefficient (Wildman–Crippen LogP) is 8.88. The molecule has 5 aromatic rings. The average molecular weight is 1220 g/mol. The van der Waals surface area contributed by atoms with Gasteiger partial charge in [0.25, 0.3) is 0 Å². The van der Waals surface area contributed by atoms with Crippen molar-refractivity contribution in [1.29, 1.82) is 0 Å². The van der Waals surface area contributed by atoms with Gasteiger partial charge in [-0.05, 0) is 141 Å². The van der Waals surface area contributed by atoms with Crippen LogP contribution in [0.15, 0.2) is 73.3 Å². The lowest BCUT2D eigenvalue weighted by atomic mass is 9.98. The highest BCUT2D eigenvalue weighted by Crippen LogP contribution is 2.38. The van der Waals surface area contributed by atoms with Gasteiger partial charge in [0.2, 0.25) is 0 Å². The van der Waals surface area contributed by atoms with Gasteiger partial charge in [0.15, 0.2) is 18.5 Å². The SMILES string of the molecule is C=C(C(=O)OC)c1c(CCOC2CCCCO2)c2ccc(OS(C)(=O)=O)cc2n1C(=O)OC(C)(C)C.CCO.COC(=O)C(C(=O)OCc1ccccc1)c1c(CCOC2CCCCO2)c2ccc(OS(C)(=O)=O)cc2n1C(=O)OC(C)(C)C. The van der Waals surface area contributed by atoms with Crippen LogP contribution in [0.4, 0.5) is 9.59 Å². The molecule has 3 aromatic carbocycles. The molecule has 0 radical (unpaired) electrons. The Kier molecular flexibility index (Phi) is 24.5. The third-order valence-electron chi connectivity index (χ3n) is 12.3. The fourth-order valence-corrected chi connectivity index (χ4v) is 9.93. The molecule has 2 aliphatic heterocycles. The van der Waals surface area contributed by atoms with Crippen LogP contribution in [0.5, 0.6) is 11.5 Å². The molecule has 25 heteroatoms. The summed E-state index contributed by atoms with van der Waals surface area (Å²) in [5.41, 5.74) is 0.382.